The Bertz CT molecular complexity index is 1220. The van der Waals surface area contributed by atoms with Crippen LogP contribution in [0.2, 0.25) is 0 Å². The van der Waals surface area contributed by atoms with Crippen molar-refractivity contribution in [1.82, 2.24) is 30.5 Å². The monoisotopic (exact) mass is 478 g/mol. The molecule has 2 aromatic rings. The van der Waals surface area contributed by atoms with Crippen molar-refractivity contribution in [3.8, 4) is 5.69 Å². The summed E-state index contributed by atoms with van der Waals surface area (Å²) in [5.41, 5.74) is 2.08. The summed E-state index contributed by atoms with van der Waals surface area (Å²) in [5, 5.41) is 13.6. The van der Waals surface area contributed by atoms with Crippen LogP contribution in [-0.2, 0) is 20.9 Å². The Morgan fingerprint density at radius 1 is 1.14 bits per heavy atom. The molecule has 4 aliphatic rings. The lowest BCUT2D eigenvalue weighted by Gasteiger charge is -2.32. The molecule has 4 heterocycles. The van der Waals surface area contributed by atoms with E-state index < -0.39 is 11.9 Å². The fourth-order valence-corrected chi connectivity index (χ4v) is 5.78. The lowest BCUT2D eigenvalue weighted by Crippen LogP contribution is -2.52. The Labute approximate surface area is 201 Å². The molecular weight excluding hydrogens is 452 g/mol. The Hall–Kier alpha value is -3.60. The Morgan fingerprint density at radius 3 is 2.89 bits per heavy atom. The van der Waals surface area contributed by atoms with Gasteiger partial charge in [0.05, 0.1) is 18.0 Å². The molecule has 1 aliphatic carbocycles. The summed E-state index contributed by atoms with van der Waals surface area (Å²) in [6, 6.07) is 4.73. The Morgan fingerprint density at radius 2 is 2.03 bits per heavy atom. The van der Waals surface area contributed by atoms with E-state index in [0.717, 1.165) is 37.9 Å². The molecule has 4 amide bonds. The second kappa shape index (κ2) is 8.56. The molecule has 2 saturated heterocycles. The number of fused-ring (bicyclic) bond motifs is 2. The van der Waals surface area contributed by atoms with Crippen molar-refractivity contribution in [2.45, 2.75) is 63.3 Å². The van der Waals surface area contributed by atoms with E-state index >= 15 is 0 Å². The highest BCUT2D eigenvalue weighted by Gasteiger charge is 2.40. The third kappa shape index (κ3) is 3.89. The van der Waals surface area contributed by atoms with Crippen LogP contribution in [0.4, 0.5) is 0 Å². The molecule has 3 aliphatic heterocycles. The fourth-order valence-electron chi connectivity index (χ4n) is 5.78. The quantitative estimate of drug-likeness (QED) is 0.618. The van der Waals surface area contributed by atoms with Gasteiger partial charge in [-0.2, -0.15) is 0 Å². The molecule has 0 spiro atoms. The van der Waals surface area contributed by atoms with E-state index in [9.17, 15) is 19.2 Å². The van der Waals surface area contributed by atoms with Crippen molar-refractivity contribution in [3.05, 3.63) is 41.2 Å². The SMILES string of the molecule is O=C1CCC(N2Cc3ccc(-n4cc(C(=O)NC5CCCC6OCCC56)nn4)cc3C2=O)C(=O)N1. The van der Waals surface area contributed by atoms with E-state index in [2.05, 4.69) is 20.9 Å². The number of ether oxygens (including phenoxy) is 1. The minimum Gasteiger partial charge on any atom is -0.378 e. The van der Waals surface area contributed by atoms with Gasteiger partial charge in [-0.3, -0.25) is 24.5 Å². The highest BCUT2D eigenvalue weighted by Crippen LogP contribution is 2.34. The van der Waals surface area contributed by atoms with Crippen LogP contribution in [0.15, 0.2) is 24.4 Å². The summed E-state index contributed by atoms with van der Waals surface area (Å²) in [5.74, 6) is -0.945. The first-order valence-corrected chi connectivity index (χ1v) is 12.1. The van der Waals surface area contributed by atoms with E-state index in [1.165, 1.54) is 9.58 Å². The molecule has 0 bridgehead atoms. The molecule has 0 radical (unpaired) electrons. The van der Waals surface area contributed by atoms with Crippen LogP contribution in [0.3, 0.4) is 0 Å². The molecule has 11 heteroatoms. The van der Waals surface area contributed by atoms with Crippen LogP contribution in [0, 0.1) is 5.92 Å². The topological polar surface area (TPSA) is 136 Å². The first-order valence-electron chi connectivity index (χ1n) is 12.1. The van der Waals surface area contributed by atoms with Crippen LogP contribution in [0.5, 0.6) is 0 Å². The number of hydrogen-bond donors (Lipinski definition) is 2. The second-order valence-corrected chi connectivity index (χ2v) is 9.66. The van der Waals surface area contributed by atoms with Gasteiger partial charge in [0.2, 0.25) is 11.8 Å². The Kier molecular flexibility index (Phi) is 5.36. The van der Waals surface area contributed by atoms with E-state index in [-0.39, 0.29) is 42.0 Å². The minimum absolute atomic E-state index is 0.0739. The smallest absolute Gasteiger partial charge is 0.273 e. The second-order valence-electron chi connectivity index (χ2n) is 9.66. The van der Waals surface area contributed by atoms with E-state index in [4.69, 9.17) is 4.74 Å². The lowest BCUT2D eigenvalue weighted by molar-refractivity contribution is -0.136. The van der Waals surface area contributed by atoms with Crippen LogP contribution in [0.25, 0.3) is 5.69 Å². The van der Waals surface area contributed by atoms with Crippen LogP contribution < -0.4 is 10.6 Å². The number of carbonyl (C=O) groups is 4. The van der Waals surface area contributed by atoms with Crippen LogP contribution >= 0.6 is 0 Å². The summed E-state index contributed by atoms with van der Waals surface area (Å²) >= 11 is 0. The Balaban J connectivity index is 1.16. The van der Waals surface area contributed by atoms with Crippen molar-refractivity contribution in [1.29, 1.82) is 0 Å². The maximum atomic E-state index is 13.1. The molecule has 4 atom stereocenters. The summed E-state index contributed by atoms with van der Waals surface area (Å²) in [6.45, 7) is 1.05. The zero-order valence-corrected chi connectivity index (χ0v) is 19.1. The normalized spacial score (nSPS) is 28.0. The first-order chi connectivity index (χ1) is 17.0. The number of imide groups is 1. The number of nitrogens with one attached hydrogen (secondary N) is 2. The van der Waals surface area contributed by atoms with Gasteiger partial charge >= 0.3 is 0 Å². The summed E-state index contributed by atoms with van der Waals surface area (Å²) in [4.78, 5) is 51.2. The number of piperidine rings is 1. The predicted molar refractivity (Wildman–Crippen MR) is 120 cm³/mol. The zero-order valence-electron chi connectivity index (χ0n) is 19.1. The number of amides is 4. The zero-order chi connectivity index (χ0) is 24.1. The van der Waals surface area contributed by atoms with Crippen molar-refractivity contribution >= 4 is 23.6 Å². The molecule has 3 fully saturated rings. The van der Waals surface area contributed by atoms with Crippen LogP contribution in [0.1, 0.15) is 64.9 Å². The molecule has 6 rings (SSSR count). The van der Waals surface area contributed by atoms with Gasteiger partial charge < -0.3 is 15.0 Å². The molecule has 35 heavy (non-hydrogen) atoms. The number of rotatable bonds is 4. The standard InChI is InChI=1S/C24H26N6O5/c31-21-7-6-19(23(33)26-21)29-11-13-4-5-14(10-16(13)24(29)34)30-12-18(27-28-30)22(32)25-17-2-1-3-20-15(17)8-9-35-20/h4-5,10,12,15,17,19-20H,1-3,6-9,11H2,(H,25,32)(H,26,31,33). The third-order valence-electron chi connectivity index (χ3n) is 7.60. The highest BCUT2D eigenvalue weighted by molar-refractivity contribution is 6.05. The summed E-state index contributed by atoms with van der Waals surface area (Å²) in [7, 11) is 0. The molecule has 182 valence electrons. The van der Waals surface area contributed by atoms with E-state index in [0.29, 0.717) is 30.1 Å². The average molecular weight is 479 g/mol. The van der Waals surface area contributed by atoms with Crippen molar-refractivity contribution in [2.75, 3.05) is 6.61 Å². The molecular formula is C24H26N6O5. The van der Waals surface area contributed by atoms with E-state index in [1.54, 1.807) is 18.3 Å². The van der Waals surface area contributed by atoms with Gasteiger partial charge in [0, 0.05) is 37.1 Å². The van der Waals surface area contributed by atoms with Crippen molar-refractivity contribution < 1.29 is 23.9 Å². The fraction of sp³-hybridized carbons (Fsp3) is 0.500. The van der Waals surface area contributed by atoms with Crippen molar-refractivity contribution in [3.63, 3.8) is 0 Å². The minimum atomic E-state index is -0.664. The number of hydrogen-bond acceptors (Lipinski definition) is 7. The molecule has 1 saturated carbocycles. The lowest BCUT2D eigenvalue weighted by atomic mass is 9.82. The van der Waals surface area contributed by atoms with Gasteiger partial charge in [0.25, 0.3) is 11.8 Å². The van der Waals surface area contributed by atoms with Gasteiger partial charge in [0.1, 0.15) is 6.04 Å². The molecule has 4 unspecified atom stereocenters. The molecule has 11 nitrogen and oxygen atoms in total. The first kappa shape index (κ1) is 21.9. The van der Waals surface area contributed by atoms with Crippen molar-refractivity contribution in [2.24, 2.45) is 5.92 Å². The summed E-state index contributed by atoms with van der Waals surface area (Å²) in [6.07, 6.45) is 6.27. The van der Waals surface area contributed by atoms with E-state index in [1.807, 2.05) is 6.07 Å². The molecule has 1 aromatic carbocycles. The third-order valence-corrected chi connectivity index (χ3v) is 7.60. The average Bonchev–Trinajstić information content (AvgIpc) is 3.59. The largest absolute Gasteiger partial charge is 0.378 e. The summed E-state index contributed by atoms with van der Waals surface area (Å²) < 4.78 is 7.26. The van der Waals surface area contributed by atoms with Gasteiger partial charge in [-0.1, -0.05) is 11.3 Å². The van der Waals surface area contributed by atoms with Gasteiger partial charge in [-0.25, -0.2) is 4.68 Å². The molecule has 2 N–H and O–H groups in total. The van der Waals surface area contributed by atoms with Crippen LogP contribution in [-0.4, -0.2) is 68.3 Å². The maximum absolute atomic E-state index is 13.1. The van der Waals surface area contributed by atoms with Gasteiger partial charge in [-0.05, 0) is 49.8 Å². The number of aromatic nitrogens is 3. The predicted octanol–water partition coefficient (Wildman–Crippen LogP) is 0.716. The number of carbonyl (C=O) groups excluding carboxylic acids is 4. The number of benzene rings is 1. The number of nitrogens with zero attached hydrogens (tertiary/aromatic N) is 4. The maximum Gasteiger partial charge on any atom is 0.273 e. The molecule has 1 aromatic heterocycles. The van der Waals surface area contributed by atoms with Gasteiger partial charge in [-0.15, -0.1) is 5.10 Å². The highest BCUT2D eigenvalue weighted by atomic mass is 16.5. The van der Waals surface area contributed by atoms with Gasteiger partial charge in [0.15, 0.2) is 5.69 Å².